The van der Waals surface area contributed by atoms with E-state index in [-0.39, 0.29) is 11.8 Å². The Morgan fingerprint density at radius 1 is 1.11 bits per heavy atom. The van der Waals surface area contributed by atoms with Crippen molar-refractivity contribution < 1.29 is 9.59 Å². The van der Waals surface area contributed by atoms with Gasteiger partial charge in [-0.2, -0.15) is 5.10 Å². The summed E-state index contributed by atoms with van der Waals surface area (Å²) in [4.78, 5) is 23.7. The van der Waals surface area contributed by atoms with Crippen LogP contribution in [0.5, 0.6) is 0 Å². The molecule has 27 heavy (non-hydrogen) atoms. The molecule has 3 rings (SSSR count). The second-order valence-corrected chi connectivity index (χ2v) is 6.29. The highest BCUT2D eigenvalue weighted by Crippen LogP contribution is 2.14. The summed E-state index contributed by atoms with van der Waals surface area (Å²) < 4.78 is 1.72. The molecule has 0 saturated heterocycles. The number of hydrogen-bond donors (Lipinski definition) is 2. The smallest absolute Gasteiger partial charge is 0.255 e. The number of benzene rings is 2. The van der Waals surface area contributed by atoms with Gasteiger partial charge in [-0.25, -0.2) is 4.68 Å². The second-order valence-electron chi connectivity index (χ2n) is 6.29. The molecule has 138 valence electrons. The van der Waals surface area contributed by atoms with Crippen LogP contribution in [0.4, 0.5) is 5.69 Å². The van der Waals surface area contributed by atoms with Crippen LogP contribution >= 0.6 is 0 Å². The number of rotatable bonds is 6. The van der Waals surface area contributed by atoms with Crippen molar-refractivity contribution in [2.75, 3.05) is 5.32 Å². The van der Waals surface area contributed by atoms with Crippen LogP contribution in [0.25, 0.3) is 5.69 Å². The highest BCUT2D eigenvalue weighted by molar-refractivity contribution is 6.04. The Bertz CT molecular complexity index is 945. The van der Waals surface area contributed by atoms with Crippen LogP contribution in [0.2, 0.25) is 0 Å². The molecule has 1 heterocycles. The number of carbonyl (C=O) groups is 2. The Hall–Kier alpha value is -3.41. The van der Waals surface area contributed by atoms with Gasteiger partial charge in [-0.3, -0.25) is 9.59 Å². The van der Waals surface area contributed by atoms with Gasteiger partial charge in [0.25, 0.3) is 5.91 Å². The molecule has 0 saturated carbocycles. The van der Waals surface area contributed by atoms with Gasteiger partial charge >= 0.3 is 0 Å². The topological polar surface area (TPSA) is 76.0 Å². The van der Waals surface area contributed by atoms with Crippen molar-refractivity contribution in [2.45, 2.75) is 26.8 Å². The van der Waals surface area contributed by atoms with Gasteiger partial charge in [0.2, 0.25) is 5.91 Å². The molecule has 6 heteroatoms. The first-order valence-electron chi connectivity index (χ1n) is 8.84. The molecule has 0 aliphatic heterocycles. The molecular weight excluding hydrogens is 340 g/mol. The molecule has 0 aliphatic carbocycles. The van der Waals surface area contributed by atoms with Crippen LogP contribution < -0.4 is 10.6 Å². The van der Waals surface area contributed by atoms with E-state index in [9.17, 15) is 9.59 Å². The minimum atomic E-state index is -0.157. The molecule has 2 N–H and O–H groups in total. The van der Waals surface area contributed by atoms with Crippen molar-refractivity contribution in [3.05, 3.63) is 77.6 Å². The predicted molar refractivity (Wildman–Crippen MR) is 105 cm³/mol. The van der Waals surface area contributed by atoms with Crippen LogP contribution in [0, 0.1) is 6.92 Å². The zero-order valence-electron chi connectivity index (χ0n) is 15.4. The quantitative estimate of drug-likeness (QED) is 0.705. The van der Waals surface area contributed by atoms with E-state index in [0.717, 1.165) is 22.5 Å². The molecule has 2 aromatic carbocycles. The number of amides is 2. The molecule has 0 spiro atoms. The molecule has 2 amide bonds. The average Bonchev–Trinajstić information content (AvgIpc) is 3.15. The summed E-state index contributed by atoms with van der Waals surface area (Å²) in [5.74, 6) is -0.151. The lowest BCUT2D eigenvalue weighted by molar-refractivity contribution is -0.120. The molecule has 0 fully saturated rings. The minimum Gasteiger partial charge on any atom is -0.352 e. The number of aromatic nitrogens is 2. The zero-order chi connectivity index (χ0) is 19.2. The fourth-order valence-corrected chi connectivity index (χ4v) is 2.61. The van der Waals surface area contributed by atoms with Crippen LogP contribution in [-0.4, -0.2) is 21.6 Å². The lowest BCUT2D eigenvalue weighted by atomic mass is 10.1. The van der Waals surface area contributed by atoms with Crippen LogP contribution in [0.15, 0.2) is 60.9 Å². The molecule has 0 aliphatic rings. The summed E-state index contributed by atoms with van der Waals surface area (Å²) in [5, 5.41) is 10.0. The summed E-state index contributed by atoms with van der Waals surface area (Å²) in [7, 11) is 0. The lowest BCUT2D eigenvalue weighted by Crippen LogP contribution is -2.21. The SMILES string of the molecule is CCC(=O)NCc1cnn(-c2ccc(C(=O)Nc3cccc(C)c3)cc2)c1. The molecule has 6 nitrogen and oxygen atoms in total. The monoisotopic (exact) mass is 362 g/mol. The molecule has 0 atom stereocenters. The van der Waals surface area contributed by atoms with Crippen molar-refractivity contribution in [3.63, 3.8) is 0 Å². The van der Waals surface area contributed by atoms with Crippen LogP contribution in [0.3, 0.4) is 0 Å². The van der Waals surface area contributed by atoms with Crippen molar-refractivity contribution in [1.82, 2.24) is 15.1 Å². The Kier molecular flexibility index (Phi) is 5.66. The number of anilines is 1. The Balaban J connectivity index is 1.65. The van der Waals surface area contributed by atoms with E-state index in [1.54, 1.807) is 23.0 Å². The number of nitrogens with one attached hydrogen (secondary N) is 2. The van der Waals surface area contributed by atoms with E-state index >= 15 is 0 Å². The summed E-state index contributed by atoms with van der Waals surface area (Å²) >= 11 is 0. The van der Waals surface area contributed by atoms with Gasteiger partial charge in [-0.05, 0) is 48.9 Å². The minimum absolute atomic E-state index is 0.00623. The third-order valence-corrected chi connectivity index (χ3v) is 4.12. The van der Waals surface area contributed by atoms with Gasteiger partial charge in [0, 0.05) is 36.0 Å². The predicted octanol–water partition coefficient (Wildman–Crippen LogP) is 3.46. The van der Waals surface area contributed by atoms with Gasteiger partial charge in [0.15, 0.2) is 0 Å². The van der Waals surface area contributed by atoms with E-state index in [1.165, 1.54) is 0 Å². The van der Waals surface area contributed by atoms with E-state index in [0.29, 0.717) is 18.5 Å². The third kappa shape index (κ3) is 4.82. The summed E-state index contributed by atoms with van der Waals surface area (Å²) in [6.07, 6.45) is 4.03. The van der Waals surface area contributed by atoms with Crippen molar-refractivity contribution >= 4 is 17.5 Å². The van der Waals surface area contributed by atoms with E-state index < -0.39 is 0 Å². The van der Waals surface area contributed by atoms with Gasteiger partial charge in [0.05, 0.1) is 11.9 Å². The van der Waals surface area contributed by atoms with Gasteiger partial charge in [0.1, 0.15) is 0 Å². The maximum absolute atomic E-state index is 12.4. The summed E-state index contributed by atoms with van der Waals surface area (Å²) in [5.41, 5.74) is 4.19. The zero-order valence-corrected chi connectivity index (χ0v) is 15.4. The molecule has 3 aromatic rings. The third-order valence-electron chi connectivity index (χ3n) is 4.12. The number of carbonyl (C=O) groups excluding carboxylic acids is 2. The number of aryl methyl sites for hydroxylation is 1. The largest absolute Gasteiger partial charge is 0.352 e. The van der Waals surface area contributed by atoms with Crippen molar-refractivity contribution in [2.24, 2.45) is 0 Å². The maximum atomic E-state index is 12.4. The first-order valence-corrected chi connectivity index (χ1v) is 8.84. The second kappa shape index (κ2) is 8.31. The van der Waals surface area contributed by atoms with Gasteiger partial charge in [-0.15, -0.1) is 0 Å². The standard InChI is InChI=1S/C21H22N4O2/c1-3-20(26)22-12-16-13-23-25(14-16)19-9-7-17(8-10-19)21(27)24-18-6-4-5-15(2)11-18/h4-11,13-14H,3,12H2,1-2H3,(H,22,26)(H,24,27). The summed E-state index contributed by atoms with van der Waals surface area (Å²) in [6, 6.07) is 14.9. The highest BCUT2D eigenvalue weighted by atomic mass is 16.2. The fourth-order valence-electron chi connectivity index (χ4n) is 2.61. The molecule has 0 bridgehead atoms. The Labute approximate surface area is 158 Å². The number of hydrogen-bond acceptors (Lipinski definition) is 3. The molecule has 0 unspecified atom stereocenters. The maximum Gasteiger partial charge on any atom is 0.255 e. The Morgan fingerprint density at radius 2 is 1.89 bits per heavy atom. The lowest BCUT2D eigenvalue weighted by Gasteiger charge is -2.07. The summed E-state index contributed by atoms with van der Waals surface area (Å²) in [6.45, 7) is 4.25. The molecule has 0 radical (unpaired) electrons. The van der Waals surface area contributed by atoms with Crippen LogP contribution in [0.1, 0.15) is 34.8 Å². The van der Waals surface area contributed by atoms with Crippen molar-refractivity contribution in [3.8, 4) is 5.69 Å². The van der Waals surface area contributed by atoms with E-state index in [2.05, 4.69) is 15.7 Å². The van der Waals surface area contributed by atoms with Crippen LogP contribution in [-0.2, 0) is 11.3 Å². The highest BCUT2D eigenvalue weighted by Gasteiger charge is 2.08. The molecular formula is C21H22N4O2. The van der Waals surface area contributed by atoms with Gasteiger partial charge in [-0.1, -0.05) is 19.1 Å². The Morgan fingerprint density at radius 3 is 2.59 bits per heavy atom. The number of nitrogens with zero attached hydrogens (tertiary/aromatic N) is 2. The first-order chi connectivity index (χ1) is 13.0. The molecule has 1 aromatic heterocycles. The normalized spacial score (nSPS) is 10.4. The average molecular weight is 362 g/mol. The van der Waals surface area contributed by atoms with Gasteiger partial charge < -0.3 is 10.6 Å². The van der Waals surface area contributed by atoms with E-state index in [4.69, 9.17) is 0 Å². The van der Waals surface area contributed by atoms with E-state index in [1.807, 2.05) is 56.4 Å². The first kappa shape index (κ1) is 18.4. The fraction of sp³-hybridized carbons (Fsp3) is 0.190. The van der Waals surface area contributed by atoms with Crippen molar-refractivity contribution in [1.29, 1.82) is 0 Å².